The molecule has 3 N–H and O–H groups in total. The Bertz CT molecular complexity index is 436. The zero-order valence-electron chi connectivity index (χ0n) is 13.7. The van der Waals surface area contributed by atoms with Crippen molar-refractivity contribution in [3.63, 3.8) is 0 Å². The average Bonchev–Trinajstić information content (AvgIpc) is 2.79. The second-order valence-corrected chi connectivity index (χ2v) is 6.64. The Morgan fingerprint density at radius 1 is 1.43 bits per heavy atom. The predicted octanol–water partition coefficient (Wildman–Crippen LogP) is 1.27. The highest BCUT2D eigenvalue weighted by atomic mass is 16.1. The number of amides is 1. The number of aromatic nitrogens is 3. The van der Waals surface area contributed by atoms with Gasteiger partial charge in [-0.2, -0.15) is 0 Å². The summed E-state index contributed by atoms with van der Waals surface area (Å²) in [7, 11) is 1.90. The lowest BCUT2D eigenvalue weighted by molar-refractivity contribution is -0.121. The molecule has 1 aromatic rings. The Kier molecular flexibility index (Phi) is 6.81. The van der Waals surface area contributed by atoms with Crippen LogP contribution in [-0.2, 0) is 18.3 Å². The highest BCUT2D eigenvalue weighted by Crippen LogP contribution is 2.31. The summed E-state index contributed by atoms with van der Waals surface area (Å²) in [4.78, 5) is 11.9. The molecule has 1 atom stereocenters. The molecule has 6 nitrogen and oxygen atoms in total. The molecule has 1 rings (SSSR count). The molecule has 0 bridgehead atoms. The Labute approximate surface area is 127 Å². The normalized spacial score (nSPS) is 13.2. The van der Waals surface area contributed by atoms with Crippen molar-refractivity contribution >= 4 is 5.91 Å². The largest absolute Gasteiger partial charge is 0.356 e. The lowest BCUT2D eigenvalue weighted by Gasteiger charge is -2.30. The molecule has 1 heterocycles. The first-order valence-corrected chi connectivity index (χ1v) is 7.64. The van der Waals surface area contributed by atoms with Gasteiger partial charge in [-0.25, -0.2) is 0 Å². The SMILES string of the molecule is Cn1cnnc1CCNC(=O)CCC(CCN)C(C)(C)C. The van der Waals surface area contributed by atoms with Crippen LogP contribution < -0.4 is 11.1 Å². The van der Waals surface area contributed by atoms with Gasteiger partial charge in [0.05, 0.1) is 0 Å². The fourth-order valence-corrected chi connectivity index (χ4v) is 2.45. The lowest BCUT2D eigenvalue weighted by atomic mass is 9.76. The van der Waals surface area contributed by atoms with Crippen molar-refractivity contribution in [1.82, 2.24) is 20.1 Å². The Morgan fingerprint density at radius 3 is 2.67 bits per heavy atom. The number of carbonyl (C=O) groups is 1. The van der Waals surface area contributed by atoms with Crippen molar-refractivity contribution in [1.29, 1.82) is 0 Å². The van der Waals surface area contributed by atoms with Crippen LogP contribution in [0, 0.1) is 11.3 Å². The van der Waals surface area contributed by atoms with E-state index in [-0.39, 0.29) is 11.3 Å². The van der Waals surface area contributed by atoms with Gasteiger partial charge in [-0.15, -0.1) is 10.2 Å². The second-order valence-electron chi connectivity index (χ2n) is 6.64. The maximum atomic E-state index is 11.9. The molecule has 1 unspecified atom stereocenters. The van der Waals surface area contributed by atoms with Crippen LogP contribution in [-0.4, -0.2) is 33.8 Å². The maximum absolute atomic E-state index is 11.9. The number of rotatable bonds is 8. The molecule has 0 saturated heterocycles. The molecule has 0 fully saturated rings. The third-order valence-electron chi connectivity index (χ3n) is 3.94. The number of hydrogen-bond donors (Lipinski definition) is 2. The van der Waals surface area contributed by atoms with Crippen LogP contribution in [0.15, 0.2) is 6.33 Å². The monoisotopic (exact) mass is 295 g/mol. The molecule has 0 spiro atoms. The molecule has 0 aliphatic heterocycles. The van der Waals surface area contributed by atoms with Gasteiger partial charge in [0.15, 0.2) is 0 Å². The second kappa shape index (κ2) is 8.12. The van der Waals surface area contributed by atoms with Gasteiger partial charge in [0, 0.05) is 26.4 Å². The highest BCUT2D eigenvalue weighted by molar-refractivity contribution is 5.75. The first kappa shape index (κ1) is 17.6. The molecule has 1 aromatic heterocycles. The lowest BCUT2D eigenvalue weighted by Crippen LogP contribution is -2.29. The summed E-state index contributed by atoms with van der Waals surface area (Å²) in [6, 6.07) is 0. The van der Waals surface area contributed by atoms with Crippen LogP contribution in [0.2, 0.25) is 0 Å². The summed E-state index contributed by atoms with van der Waals surface area (Å²) in [6.07, 6.45) is 4.78. The number of carbonyl (C=O) groups excluding carboxylic acids is 1. The van der Waals surface area contributed by atoms with Crippen molar-refractivity contribution in [2.45, 2.75) is 46.5 Å². The fourth-order valence-electron chi connectivity index (χ4n) is 2.45. The van der Waals surface area contributed by atoms with Gasteiger partial charge in [0.2, 0.25) is 5.91 Å². The molecule has 0 aromatic carbocycles. The van der Waals surface area contributed by atoms with Crippen LogP contribution in [0.5, 0.6) is 0 Å². The molecule has 0 aliphatic carbocycles. The van der Waals surface area contributed by atoms with E-state index in [1.807, 2.05) is 11.6 Å². The summed E-state index contributed by atoms with van der Waals surface area (Å²) < 4.78 is 1.86. The third kappa shape index (κ3) is 6.25. The summed E-state index contributed by atoms with van der Waals surface area (Å²) in [6.45, 7) is 7.90. The first-order valence-electron chi connectivity index (χ1n) is 7.64. The number of hydrogen-bond acceptors (Lipinski definition) is 4. The van der Waals surface area contributed by atoms with E-state index >= 15 is 0 Å². The van der Waals surface area contributed by atoms with Crippen molar-refractivity contribution in [2.75, 3.05) is 13.1 Å². The molecule has 21 heavy (non-hydrogen) atoms. The van der Waals surface area contributed by atoms with E-state index in [2.05, 4.69) is 36.3 Å². The highest BCUT2D eigenvalue weighted by Gasteiger charge is 2.24. The van der Waals surface area contributed by atoms with Gasteiger partial charge in [-0.05, 0) is 30.7 Å². The van der Waals surface area contributed by atoms with E-state index in [4.69, 9.17) is 5.73 Å². The summed E-state index contributed by atoms with van der Waals surface area (Å²) >= 11 is 0. The Morgan fingerprint density at radius 2 is 2.14 bits per heavy atom. The topological polar surface area (TPSA) is 85.8 Å². The van der Waals surface area contributed by atoms with Crippen molar-refractivity contribution in [2.24, 2.45) is 24.1 Å². The van der Waals surface area contributed by atoms with E-state index in [1.54, 1.807) is 6.33 Å². The van der Waals surface area contributed by atoms with Gasteiger partial charge in [0.1, 0.15) is 12.2 Å². The minimum absolute atomic E-state index is 0.100. The zero-order chi connectivity index (χ0) is 15.9. The van der Waals surface area contributed by atoms with Crippen LogP contribution >= 0.6 is 0 Å². The number of nitrogens with two attached hydrogens (primary N) is 1. The minimum Gasteiger partial charge on any atom is -0.356 e. The summed E-state index contributed by atoms with van der Waals surface area (Å²) in [5.41, 5.74) is 5.86. The van der Waals surface area contributed by atoms with Crippen molar-refractivity contribution in [3.8, 4) is 0 Å². The smallest absolute Gasteiger partial charge is 0.220 e. The van der Waals surface area contributed by atoms with Gasteiger partial charge in [0.25, 0.3) is 0 Å². The third-order valence-corrected chi connectivity index (χ3v) is 3.94. The molecule has 0 saturated carbocycles. The van der Waals surface area contributed by atoms with Crippen LogP contribution in [0.25, 0.3) is 0 Å². The average molecular weight is 295 g/mol. The molecule has 120 valence electrons. The van der Waals surface area contributed by atoms with E-state index in [1.165, 1.54) is 0 Å². The number of nitrogens with zero attached hydrogens (tertiary/aromatic N) is 3. The van der Waals surface area contributed by atoms with E-state index < -0.39 is 0 Å². The molecule has 0 aliphatic rings. The molecular weight excluding hydrogens is 266 g/mol. The standard InChI is InChI=1S/C15H29N5O/c1-15(2,3)12(7-9-16)5-6-14(21)17-10-8-13-19-18-11-20(13)4/h11-12H,5-10,16H2,1-4H3,(H,17,21). The number of nitrogens with one attached hydrogen (secondary N) is 1. The summed E-state index contributed by atoms with van der Waals surface area (Å²) in [5.74, 6) is 1.46. The summed E-state index contributed by atoms with van der Waals surface area (Å²) in [5, 5.41) is 10.8. The van der Waals surface area contributed by atoms with Crippen LogP contribution in [0.4, 0.5) is 0 Å². The number of aryl methyl sites for hydroxylation is 1. The fraction of sp³-hybridized carbons (Fsp3) is 0.800. The Hall–Kier alpha value is -1.43. The predicted molar refractivity (Wildman–Crippen MR) is 83.6 cm³/mol. The van der Waals surface area contributed by atoms with Crippen LogP contribution in [0.1, 0.15) is 45.9 Å². The van der Waals surface area contributed by atoms with Gasteiger partial charge in [-0.3, -0.25) is 4.79 Å². The molecule has 6 heteroatoms. The molecule has 1 amide bonds. The van der Waals surface area contributed by atoms with Crippen molar-refractivity contribution in [3.05, 3.63) is 12.2 Å². The quantitative estimate of drug-likeness (QED) is 0.756. The minimum atomic E-state index is 0.100. The van der Waals surface area contributed by atoms with Crippen molar-refractivity contribution < 1.29 is 4.79 Å². The molecule has 0 radical (unpaired) electrons. The van der Waals surface area contributed by atoms with E-state index in [0.29, 0.717) is 31.8 Å². The van der Waals surface area contributed by atoms with E-state index in [0.717, 1.165) is 18.7 Å². The Balaban J connectivity index is 2.28. The first-order chi connectivity index (χ1) is 9.84. The van der Waals surface area contributed by atoms with Crippen LogP contribution in [0.3, 0.4) is 0 Å². The van der Waals surface area contributed by atoms with Gasteiger partial charge >= 0.3 is 0 Å². The maximum Gasteiger partial charge on any atom is 0.220 e. The van der Waals surface area contributed by atoms with Gasteiger partial charge < -0.3 is 15.6 Å². The molecular formula is C15H29N5O. The zero-order valence-corrected chi connectivity index (χ0v) is 13.7. The van der Waals surface area contributed by atoms with E-state index in [9.17, 15) is 4.79 Å². The van der Waals surface area contributed by atoms with Gasteiger partial charge in [-0.1, -0.05) is 20.8 Å².